The highest BCUT2D eigenvalue weighted by molar-refractivity contribution is 7.91. The van der Waals surface area contributed by atoms with Gasteiger partial charge in [-0.25, -0.2) is 8.42 Å². The molecule has 5 nitrogen and oxygen atoms in total. The number of hydrogen-bond acceptors (Lipinski definition) is 5. The largest absolute Gasteiger partial charge is 0.377 e. The molecule has 1 aromatic carbocycles. The number of rotatable bonds is 5. The quantitative estimate of drug-likeness (QED) is 0.823. The van der Waals surface area contributed by atoms with Crippen molar-refractivity contribution in [2.45, 2.75) is 30.4 Å². The first-order chi connectivity index (χ1) is 9.94. The molecule has 2 rings (SSSR count). The standard InChI is InChI=1S/C15H20N2O3S/c1-12-15(7-9-20-12)17(2)8-10-21(18,19)14-5-3-13(11-16)4-6-14/h3-6,12,15H,7-10H2,1-2H3. The summed E-state index contributed by atoms with van der Waals surface area (Å²) in [7, 11) is -1.38. The van der Waals surface area contributed by atoms with Gasteiger partial charge in [-0.15, -0.1) is 0 Å². The molecular formula is C15H20N2O3S. The maximum absolute atomic E-state index is 12.3. The number of sulfone groups is 1. The highest BCUT2D eigenvalue weighted by Gasteiger charge is 2.28. The summed E-state index contributed by atoms with van der Waals surface area (Å²) >= 11 is 0. The number of likely N-dealkylation sites (N-methyl/N-ethyl adjacent to an activating group) is 1. The number of benzene rings is 1. The molecule has 1 saturated heterocycles. The number of nitrogens with zero attached hydrogens (tertiary/aromatic N) is 2. The van der Waals surface area contributed by atoms with Crippen molar-refractivity contribution in [3.05, 3.63) is 29.8 Å². The Morgan fingerprint density at radius 2 is 2.05 bits per heavy atom. The molecular weight excluding hydrogens is 288 g/mol. The summed E-state index contributed by atoms with van der Waals surface area (Å²) in [5.41, 5.74) is 0.461. The molecule has 0 N–H and O–H groups in total. The smallest absolute Gasteiger partial charge is 0.179 e. The molecule has 1 aromatic rings. The molecule has 0 bridgehead atoms. The summed E-state index contributed by atoms with van der Waals surface area (Å²) in [5, 5.41) is 8.74. The molecule has 1 aliphatic heterocycles. The van der Waals surface area contributed by atoms with Crippen molar-refractivity contribution in [2.24, 2.45) is 0 Å². The van der Waals surface area contributed by atoms with E-state index in [1.807, 2.05) is 20.0 Å². The van der Waals surface area contributed by atoms with Gasteiger partial charge in [-0.05, 0) is 44.7 Å². The summed E-state index contributed by atoms with van der Waals surface area (Å²) in [4.78, 5) is 2.32. The van der Waals surface area contributed by atoms with Gasteiger partial charge >= 0.3 is 0 Å². The predicted molar refractivity (Wildman–Crippen MR) is 79.7 cm³/mol. The van der Waals surface area contributed by atoms with E-state index in [1.54, 1.807) is 0 Å². The third-order valence-electron chi connectivity index (χ3n) is 3.96. The SMILES string of the molecule is CC1OCCC1N(C)CCS(=O)(=O)c1ccc(C#N)cc1. The lowest BCUT2D eigenvalue weighted by Gasteiger charge is -2.26. The molecule has 0 aliphatic carbocycles. The molecule has 1 aliphatic rings. The van der Waals surface area contributed by atoms with Gasteiger partial charge < -0.3 is 4.74 Å². The van der Waals surface area contributed by atoms with Crippen LogP contribution in [0, 0.1) is 11.3 Å². The van der Waals surface area contributed by atoms with Gasteiger partial charge in [-0.2, -0.15) is 5.26 Å². The second-order valence-corrected chi connectivity index (χ2v) is 7.48. The molecule has 1 fully saturated rings. The van der Waals surface area contributed by atoms with Crippen molar-refractivity contribution >= 4 is 9.84 Å². The van der Waals surface area contributed by atoms with Crippen molar-refractivity contribution in [3.8, 4) is 6.07 Å². The Morgan fingerprint density at radius 3 is 2.57 bits per heavy atom. The first-order valence-corrected chi connectivity index (χ1v) is 8.64. The van der Waals surface area contributed by atoms with Crippen LogP contribution in [0.2, 0.25) is 0 Å². The van der Waals surface area contributed by atoms with E-state index < -0.39 is 9.84 Å². The number of hydrogen-bond donors (Lipinski definition) is 0. The molecule has 0 aromatic heterocycles. The van der Waals surface area contributed by atoms with E-state index in [-0.39, 0.29) is 22.8 Å². The Bertz CT molecular complexity index is 619. The fraction of sp³-hybridized carbons (Fsp3) is 0.533. The minimum absolute atomic E-state index is 0.0681. The maximum atomic E-state index is 12.3. The molecule has 0 spiro atoms. The summed E-state index contributed by atoms with van der Waals surface area (Å²) < 4.78 is 30.1. The lowest BCUT2D eigenvalue weighted by Crippen LogP contribution is -2.39. The van der Waals surface area contributed by atoms with E-state index >= 15 is 0 Å². The zero-order chi connectivity index (χ0) is 15.5. The zero-order valence-corrected chi connectivity index (χ0v) is 13.1. The summed E-state index contributed by atoms with van der Waals surface area (Å²) in [6.07, 6.45) is 1.09. The average molecular weight is 308 g/mol. The van der Waals surface area contributed by atoms with Crippen LogP contribution in [0.1, 0.15) is 18.9 Å². The highest BCUT2D eigenvalue weighted by Crippen LogP contribution is 2.19. The summed E-state index contributed by atoms with van der Waals surface area (Å²) in [6, 6.07) is 8.31. The van der Waals surface area contributed by atoms with Crippen molar-refractivity contribution in [1.29, 1.82) is 5.26 Å². The monoisotopic (exact) mass is 308 g/mol. The molecule has 2 atom stereocenters. The predicted octanol–water partition coefficient (Wildman–Crippen LogP) is 1.44. The molecule has 2 unspecified atom stereocenters. The van der Waals surface area contributed by atoms with Crippen molar-refractivity contribution in [2.75, 3.05) is 26.0 Å². The van der Waals surface area contributed by atoms with Crippen molar-refractivity contribution in [3.63, 3.8) is 0 Å². The molecule has 0 amide bonds. The third kappa shape index (κ3) is 3.82. The molecule has 114 valence electrons. The second kappa shape index (κ2) is 6.56. The van der Waals surface area contributed by atoms with Crippen LogP contribution < -0.4 is 0 Å². The Labute approximate surface area is 126 Å². The van der Waals surface area contributed by atoms with E-state index in [1.165, 1.54) is 24.3 Å². The van der Waals surface area contributed by atoms with E-state index in [0.29, 0.717) is 12.1 Å². The average Bonchev–Trinajstić information content (AvgIpc) is 2.91. The maximum Gasteiger partial charge on any atom is 0.179 e. The van der Waals surface area contributed by atoms with Crippen LogP contribution >= 0.6 is 0 Å². The fourth-order valence-electron chi connectivity index (χ4n) is 2.58. The van der Waals surface area contributed by atoms with Gasteiger partial charge in [-0.3, -0.25) is 4.90 Å². The number of ether oxygens (including phenoxy) is 1. The lowest BCUT2D eigenvalue weighted by atomic mass is 10.1. The Morgan fingerprint density at radius 1 is 1.38 bits per heavy atom. The van der Waals surface area contributed by atoms with E-state index in [2.05, 4.69) is 4.90 Å². The van der Waals surface area contributed by atoms with E-state index in [0.717, 1.165) is 13.0 Å². The van der Waals surface area contributed by atoms with Crippen LogP contribution in [0.25, 0.3) is 0 Å². The Kier molecular flexibility index (Phi) is 4.99. The lowest BCUT2D eigenvalue weighted by molar-refractivity contribution is 0.0856. The number of nitriles is 1. The first-order valence-electron chi connectivity index (χ1n) is 6.99. The zero-order valence-electron chi connectivity index (χ0n) is 12.3. The highest BCUT2D eigenvalue weighted by atomic mass is 32.2. The summed E-state index contributed by atoms with van der Waals surface area (Å²) in [5.74, 6) is 0.0681. The Balaban J connectivity index is 1.99. The van der Waals surface area contributed by atoms with Gasteiger partial charge in [0.15, 0.2) is 9.84 Å². The molecule has 6 heteroatoms. The van der Waals surface area contributed by atoms with Gasteiger partial charge in [0.25, 0.3) is 0 Å². The van der Waals surface area contributed by atoms with Crippen molar-refractivity contribution < 1.29 is 13.2 Å². The van der Waals surface area contributed by atoms with E-state index in [4.69, 9.17) is 10.00 Å². The summed E-state index contributed by atoms with van der Waals surface area (Å²) in [6.45, 7) is 3.22. The molecule has 1 heterocycles. The van der Waals surface area contributed by atoms with Crippen LogP contribution in [-0.2, 0) is 14.6 Å². The fourth-order valence-corrected chi connectivity index (χ4v) is 3.90. The van der Waals surface area contributed by atoms with Gasteiger partial charge in [0, 0.05) is 19.2 Å². The van der Waals surface area contributed by atoms with Crippen molar-refractivity contribution in [1.82, 2.24) is 4.90 Å². The normalized spacial score (nSPS) is 22.4. The minimum atomic E-state index is -3.32. The third-order valence-corrected chi connectivity index (χ3v) is 5.67. The topological polar surface area (TPSA) is 70.4 Å². The van der Waals surface area contributed by atoms with Crippen LogP contribution in [0.3, 0.4) is 0 Å². The van der Waals surface area contributed by atoms with Gasteiger partial charge in [0.2, 0.25) is 0 Å². The van der Waals surface area contributed by atoms with Crippen LogP contribution in [0.4, 0.5) is 0 Å². The van der Waals surface area contributed by atoms with Gasteiger partial charge in [0.1, 0.15) is 0 Å². The molecule has 21 heavy (non-hydrogen) atoms. The molecule has 0 saturated carbocycles. The van der Waals surface area contributed by atoms with Crippen LogP contribution in [0.15, 0.2) is 29.2 Å². The Hall–Kier alpha value is -1.42. The van der Waals surface area contributed by atoms with E-state index in [9.17, 15) is 8.42 Å². The van der Waals surface area contributed by atoms with Crippen LogP contribution in [-0.4, -0.2) is 51.4 Å². The minimum Gasteiger partial charge on any atom is -0.377 e. The van der Waals surface area contributed by atoms with Gasteiger partial charge in [0.05, 0.1) is 28.4 Å². The molecule has 0 radical (unpaired) electrons. The second-order valence-electron chi connectivity index (χ2n) is 5.37. The van der Waals surface area contributed by atoms with Crippen LogP contribution in [0.5, 0.6) is 0 Å². The van der Waals surface area contributed by atoms with Gasteiger partial charge in [-0.1, -0.05) is 0 Å². The first kappa shape index (κ1) is 16.0.